The highest BCUT2D eigenvalue weighted by molar-refractivity contribution is 5.96. The second-order valence-electron chi connectivity index (χ2n) is 4.03. The standard InChI is InChI=1S/C13H15N3O3/c1-8(11-4-3-5-19-11)16-10-7-15-12(14)6-9(10)13(17)18-2/h3-8,16H,1-2H3,(H2,14,15). The topological polar surface area (TPSA) is 90.4 Å². The van der Waals surface area contributed by atoms with Crippen LogP contribution in [0.25, 0.3) is 0 Å². The summed E-state index contributed by atoms with van der Waals surface area (Å²) in [7, 11) is 1.32. The van der Waals surface area contributed by atoms with Crippen LogP contribution in [-0.2, 0) is 4.74 Å². The van der Waals surface area contributed by atoms with Crippen molar-refractivity contribution in [1.82, 2.24) is 4.98 Å². The fraction of sp³-hybridized carbons (Fsp3) is 0.231. The molecule has 0 aromatic carbocycles. The van der Waals surface area contributed by atoms with Gasteiger partial charge in [0.15, 0.2) is 0 Å². The van der Waals surface area contributed by atoms with E-state index in [1.54, 1.807) is 12.3 Å². The lowest BCUT2D eigenvalue weighted by atomic mass is 10.2. The molecule has 1 unspecified atom stereocenters. The van der Waals surface area contributed by atoms with E-state index >= 15 is 0 Å². The van der Waals surface area contributed by atoms with Crippen LogP contribution in [0.15, 0.2) is 35.1 Å². The molecular formula is C13H15N3O3. The van der Waals surface area contributed by atoms with Crippen molar-refractivity contribution in [2.45, 2.75) is 13.0 Å². The molecular weight excluding hydrogens is 246 g/mol. The zero-order chi connectivity index (χ0) is 13.8. The normalized spacial score (nSPS) is 11.9. The van der Waals surface area contributed by atoms with Crippen LogP contribution >= 0.6 is 0 Å². The average Bonchev–Trinajstić information content (AvgIpc) is 2.94. The third-order valence-electron chi connectivity index (χ3n) is 2.67. The van der Waals surface area contributed by atoms with Crippen LogP contribution in [0, 0.1) is 0 Å². The van der Waals surface area contributed by atoms with Crippen molar-refractivity contribution in [1.29, 1.82) is 0 Å². The first kappa shape index (κ1) is 12.9. The number of methoxy groups -OCH3 is 1. The molecule has 1 atom stereocenters. The summed E-state index contributed by atoms with van der Waals surface area (Å²) < 4.78 is 10.0. The number of nitrogens with two attached hydrogens (primary N) is 1. The number of carbonyl (C=O) groups is 1. The first-order chi connectivity index (χ1) is 9.11. The number of anilines is 2. The highest BCUT2D eigenvalue weighted by Crippen LogP contribution is 2.23. The van der Waals surface area contributed by atoms with Gasteiger partial charge in [-0.15, -0.1) is 0 Å². The van der Waals surface area contributed by atoms with Gasteiger partial charge in [-0.25, -0.2) is 9.78 Å². The zero-order valence-electron chi connectivity index (χ0n) is 10.7. The number of aromatic nitrogens is 1. The van der Waals surface area contributed by atoms with Crippen molar-refractivity contribution in [3.63, 3.8) is 0 Å². The Bertz CT molecular complexity index is 567. The molecule has 0 aliphatic carbocycles. The van der Waals surface area contributed by atoms with E-state index in [1.165, 1.54) is 19.4 Å². The van der Waals surface area contributed by atoms with Gasteiger partial charge in [0.2, 0.25) is 0 Å². The Morgan fingerprint density at radius 1 is 1.58 bits per heavy atom. The molecule has 0 saturated heterocycles. The fourth-order valence-corrected chi connectivity index (χ4v) is 1.71. The van der Waals surface area contributed by atoms with Crippen LogP contribution < -0.4 is 11.1 Å². The Balaban J connectivity index is 2.27. The molecule has 6 nitrogen and oxygen atoms in total. The van der Waals surface area contributed by atoms with Crippen LogP contribution in [0.1, 0.15) is 29.1 Å². The number of nitrogen functional groups attached to an aromatic ring is 1. The lowest BCUT2D eigenvalue weighted by Crippen LogP contribution is -2.12. The van der Waals surface area contributed by atoms with Gasteiger partial charge in [-0.3, -0.25) is 0 Å². The van der Waals surface area contributed by atoms with E-state index in [0.717, 1.165) is 5.76 Å². The van der Waals surface area contributed by atoms with Crippen molar-refractivity contribution >= 4 is 17.5 Å². The number of pyridine rings is 1. The van der Waals surface area contributed by atoms with Gasteiger partial charge in [-0.05, 0) is 25.1 Å². The molecule has 0 saturated carbocycles. The zero-order valence-corrected chi connectivity index (χ0v) is 10.7. The molecule has 2 rings (SSSR count). The van der Waals surface area contributed by atoms with Gasteiger partial charge in [0.05, 0.1) is 36.9 Å². The molecule has 0 bridgehead atoms. The lowest BCUT2D eigenvalue weighted by molar-refractivity contribution is 0.0601. The van der Waals surface area contributed by atoms with Crippen molar-refractivity contribution in [3.05, 3.63) is 42.0 Å². The summed E-state index contributed by atoms with van der Waals surface area (Å²) in [5.41, 5.74) is 6.47. The summed E-state index contributed by atoms with van der Waals surface area (Å²) >= 11 is 0. The molecule has 0 aliphatic rings. The summed E-state index contributed by atoms with van der Waals surface area (Å²) in [6, 6.07) is 5.02. The minimum atomic E-state index is -0.469. The van der Waals surface area contributed by atoms with Crippen molar-refractivity contribution in [3.8, 4) is 0 Å². The Hall–Kier alpha value is -2.50. The van der Waals surface area contributed by atoms with Gasteiger partial charge in [0, 0.05) is 0 Å². The highest BCUT2D eigenvalue weighted by atomic mass is 16.5. The maximum atomic E-state index is 11.7. The van der Waals surface area contributed by atoms with Crippen LogP contribution in [-0.4, -0.2) is 18.1 Å². The molecule has 2 aromatic heterocycles. The molecule has 0 radical (unpaired) electrons. The van der Waals surface area contributed by atoms with E-state index < -0.39 is 5.97 Å². The van der Waals surface area contributed by atoms with Crippen LogP contribution in [0.3, 0.4) is 0 Å². The molecule has 19 heavy (non-hydrogen) atoms. The van der Waals surface area contributed by atoms with Gasteiger partial charge < -0.3 is 20.2 Å². The van der Waals surface area contributed by atoms with Crippen LogP contribution in [0.4, 0.5) is 11.5 Å². The quantitative estimate of drug-likeness (QED) is 0.820. The number of nitrogens with zero attached hydrogens (tertiary/aromatic N) is 1. The average molecular weight is 261 g/mol. The van der Waals surface area contributed by atoms with E-state index in [0.29, 0.717) is 11.3 Å². The predicted molar refractivity (Wildman–Crippen MR) is 70.7 cm³/mol. The Kier molecular flexibility index (Phi) is 3.70. The first-order valence-corrected chi connectivity index (χ1v) is 5.75. The van der Waals surface area contributed by atoms with E-state index in [-0.39, 0.29) is 11.9 Å². The lowest BCUT2D eigenvalue weighted by Gasteiger charge is -2.15. The molecule has 0 spiro atoms. The number of esters is 1. The van der Waals surface area contributed by atoms with Crippen LogP contribution in [0.5, 0.6) is 0 Å². The minimum absolute atomic E-state index is 0.108. The second kappa shape index (κ2) is 5.43. The SMILES string of the molecule is COC(=O)c1cc(N)ncc1NC(C)c1ccco1. The summed E-state index contributed by atoms with van der Waals surface area (Å²) in [5, 5.41) is 3.14. The summed E-state index contributed by atoms with van der Waals surface area (Å²) in [6.07, 6.45) is 3.09. The third-order valence-corrected chi connectivity index (χ3v) is 2.67. The van der Waals surface area contributed by atoms with Gasteiger partial charge in [0.25, 0.3) is 0 Å². The Morgan fingerprint density at radius 3 is 3.00 bits per heavy atom. The van der Waals surface area contributed by atoms with Gasteiger partial charge in [0.1, 0.15) is 11.6 Å². The molecule has 3 N–H and O–H groups in total. The number of furan rings is 1. The molecule has 6 heteroatoms. The monoisotopic (exact) mass is 261 g/mol. The smallest absolute Gasteiger partial charge is 0.340 e. The minimum Gasteiger partial charge on any atom is -0.467 e. The number of ether oxygens (including phenoxy) is 1. The van der Waals surface area contributed by atoms with E-state index in [1.807, 2.05) is 13.0 Å². The second-order valence-corrected chi connectivity index (χ2v) is 4.03. The third kappa shape index (κ3) is 2.85. The highest BCUT2D eigenvalue weighted by Gasteiger charge is 2.16. The largest absolute Gasteiger partial charge is 0.467 e. The van der Waals surface area contributed by atoms with Crippen molar-refractivity contribution in [2.75, 3.05) is 18.2 Å². The molecule has 0 fully saturated rings. The number of hydrogen-bond donors (Lipinski definition) is 2. The Labute approximate surface area is 110 Å². The maximum absolute atomic E-state index is 11.7. The fourth-order valence-electron chi connectivity index (χ4n) is 1.71. The summed E-state index contributed by atoms with van der Waals surface area (Å²) in [6.45, 7) is 1.91. The van der Waals surface area contributed by atoms with E-state index in [2.05, 4.69) is 10.3 Å². The summed E-state index contributed by atoms with van der Waals surface area (Å²) in [5.74, 6) is 0.549. The number of hydrogen-bond acceptors (Lipinski definition) is 6. The van der Waals surface area contributed by atoms with Crippen molar-refractivity contribution < 1.29 is 13.9 Å². The molecule has 0 amide bonds. The molecule has 0 aliphatic heterocycles. The van der Waals surface area contributed by atoms with Crippen LogP contribution in [0.2, 0.25) is 0 Å². The summed E-state index contributed by atoms with van der Waals surface area (Å²) in [4.78, 5) is 15.7. The van der Waals surface area contributed by atoms with Gasteiger partial charge >= 0.3 is 5.97 Å². The molecule has 2 heterocycles. The number of rotatable bonds is 4. The van der Waals surface area contributed by atoms with Gasteiger partial charge in [-0.2, -0.15) is 0 Å². The number of carbonyl (C=O) groups excluding carboxylic acids is 1. The first-order valence-electron chi connectivity index (χ1n) is 5.75. The molecule has 2 aromatic rings. The molecule has 100 valence electrons. The van der Waals surface area contributed by atoms with Gasteiger partial charge in [-0.1, -0.05) is 0 Å². The van der Waals surface area contributed by atoms with Crippen molar-refractivity contribution in [2.24, 2.45) is 0 Å². The Morgan fingerprint density at radius 2 is 2.37 bits per heavy atom. The number of nitrogens with one attached hydrogen (secondary N) is 1. The van der Waals surface area contributed by atoms with E-state index in [9.17, 15) is 4.79 Å². The predicted octanol–water partition coefficient (Wildman–Crippen LogP) is 2.22. The van der Waals surface area contributed by atoms with E-state index in [4.69, 9.17) is 14.9 Å². The maximum Gasteiger partial charge on any atom is 0.340 e.